The van der Waals surface area contributed by atoms with Crippen LogP contribution in [-0.4, -0.2) is 25.0 Å². The normalized spacial score (nSPS) is 11.8. The average Bonchev–Trinajstić information content (AvgIpc) is 2.93. The summed E-state index contributed by atoms with van der Waals surface area (Å²) in [5.74, 6) is -0.952. The van der Waals surface area contributed by atoms with Gasteiger partial charge in [-0.15, -0.1) is 0 Å². The van der Waals surface area contributed by atoms with Gasteiger partial charge in [0.2, 0.25) is 5.76 Å². The molecule has 0 aliphatic rings. The van der Waals surface area contributed by atoms with Crippen molar-refractivity contribution in [1.29, 1.82) is 0 Å². The van der Waals surface area contributed by atoms with Crippen molar-refractivity contribution in [3.8, 4) is 0 Å². The summed E-state index contributed by atoms with van der Waals surface area (Å²) in [5.41, 5.74) is 0.728. The fourth-order valence-electron chi connectivity index (χ4n) is 1.74. The molecular weight excluding hydrogens is 338 g/mol. The van der Waals surface area contributed by atoms with E-state index in [2.05, 4.69) is 15.9 Å². The van der Waals surface area contributed by atoms with Crippen molar-refractivity contribution in [3.05, 3.63) is 52.9 Å². The number of furan rings is 1. The van der Waals surface area contributed by atoms with E-state index in [4.69, 9.17) is 9.15 Å². The first-order valence-electron chi connectivity index (χ1n) is 6.28. The second kappa shape index (κ2) is 6.58. The van der Waals surface area contributed by atoms with Crippen LogP contribution in [0.2, 0.25) is 0 Å². The van der Waals surface area contributed by atoms with Crippen molar-refractivity contribution >= 4 is 33.5 Å². The Kier molecular flexibility index (Phi) is 4.80. The van der Waals surface area contributed by atoms with Crippen molar-refractivity contribution in [2.24, 2.45) is 0 Å². The second-order valence-electron chi connectivity index (χ2n) is 4.38. The van der Waals surface area contributed by atoms with Gasteiger partial charge in [0, 0.05) is 12.7 Å². The number of amides is 1. The molecule has 5 nitrogen and oxygen atoms in total. The van der Waals surface area contributed by atoms with E-state index < -0.39 is 12.1 Å². The van der Waals surface area contributed by atoms with Crippen LogP contribution in [0.4, 0.5) is 5.69 Å². The fourth-order valence-corrected chi connectivity index (χ4v) is 2.05. The lowest BCUT2D eigenvalue weighted by Crippen LogP contribution is -2.37. The monoisotopic (exact) mass is 351 g/mol. The van der Waals surface area contributed by atoms with Gasteiger partial charge in [-0.1, -0.05) is 18.2 Å². The predicted molar refractivity (Wildman–Crippen MR) is 81.1 cm³/mol. The molecule has 0 aliphatic carbocycles. The summed E-state index contributed by atoms with van der Waals surface area (Å²) in [5, 5.41) is 0. The molecule has 0 spiro atoms. The molecule has 1 amide bonds. The zero-order valence-corrected chi connectivity index (χ0v) is 13.2. The van der Waals surface area contributed by atoms with Crippen LogP contribution in [-0.2, 0) is 9.53 Å². The van der Waals surface area contributed by atoms with E-state index in [1.54, 1.807) is 25.2 Å². The first-order chi connectivity index (χ1) is 9.99. The minimum Gasteiger partial charge on any atom is -0.447 e. The summed E-state index contributed by atoms with van der Waals surface area (Å²) in [6.45, 7) is 1.53. The van der Waals surface area contributed by atoms with Gasteiger partial charge in [0.1, 0.15) is 0 Å². The van der Waals surface area contributed by atoms with Gasteiger partial charge in [-0.3, -0.25) is 4.79 Å². The number of para-hydroxylation sites is 1. The van der Waals surface area contributed by atoms with Crippen LogP contribution in [0.25, 0.3) is 0 Å². The van der Waals surface area contributed by atoms with Crippen LogP contribution >= 0.6 is 15.9 Å². The molecule has 0 fully saturated rings. The third-order valence-corrected chi connectivity index (χ3v) is 3.31. The van der Waals surface area contributed by atoms with Crippen LogP contribution in [0, 0.1) is 0 Å². The number of likely N-dealkylation sites (N-methyl/N-ethyl adjacent to an activating group) is 1. The maximum Gasteiger partial charge on any atom is 0.375 e. The molecule has 0 aliphatic heterocycles. The number of benzene rings is 1. The molecule has 1 heterocycles. The van der Waals surface area contributed by atoms with Crippen molar-refractivity contribution in [2.45, 2.75) is 13.0 Å². The molecule has 6 heteroatoms. The lowest BCUT2D eigenvalue weighted by atomic mass is 10.2. The van der Waals surface area contributed by atoms with E-state index in [0.717, 1.165) is 5.69 Å². The number of carbonyl (C=O) groups excluding carboxylic acids is 2. The Balaban J connectivity index is 2.01. The SMILES string of the molecule is C[C@@H](OC(=O)c1ccc(Br)o1)C(=O)N(C)c1ccccc1. The molecule has 1 atom stereocenters. The number of carbonyl (C=O) groups is 2. The first kappa shape index (κ1) is 15.3. The highest BCUT2D eigenvalue weighted by Crippen LogP contribution is 2.17. The van der Waals surface area contributed by atoms with Gasteiger partial charge < -0.3 is 14.1 Å². The first-order valence-corrected chi connectivity index (χ1v) is 7.07. The van der Waals surface area contributed by atoms with Gasteiger partial charge in [-0.2, -0.15) is 0 Å². The molecule has 0 radical (unpaired) electrons. The Morgan fingerprint density at radius 1 is 1.19 bits per heavy atom. The molecule has 0 saturated carbocycles. The summed E-state index contributed by atoms with van der Waals surface area (Å²) >= 11 is 3.10. The van der Waals surface area contributed by atoms with Crippen LogP contribution in [0.3, 0.4) is 0 Å². The van der Waals surface area contributed by atoms with Gasteiger partial charge in [-0.25, -0.2) is 4.79 Å². The van der Waals surface area contributed by atoms with Gasteiger partial charge >= 0.3 is 5.97 Å². The summed E-state index contributed by atoms with van der Waals surface area (Å²) in [6, 6.07) is 12.2. The highest BCUT2D eigenvalue weighted by atomic mass is 79.9. The van der Waals surface area contributed by atoms with Crippen molar-refractivity contribution in [2.75, 3.05) is 11.9 Å². The molecular formula is C15H14BrNO4. The Morgan fingerprint density at radius 2 is 1.86 bits per heavy atom. The van der Waals surface area contributed by atoms with E-state index in [1.807, 2.05) is 18.2 Å². The van der Waals surface area contributed by atoms with E-state index in [9.17, 15) is 9.59 Å². The third kappa shape index (κ3) is 3.72. The van der Waals surface area contributed by atoms with Gasteiger partial charge in [-0.05, 0) is 47.1 Å². The maximum absolute atomic E-state index is 12.2. The number of esters is 1. The van der Waals surface area contributed by atoms with Crippen molar-refractivity contribution in [1.82, 2.24) is 0 Å². The third-order valence-electron chi connectivity index (χ3n) is 2.88. The molecule has 0 bridgehead atoms. The van der Waals surface area contributed by atoms with Gasteiger partial charge in [0.25, 0.3) is 5.91 Å². The second-order valence-corrected chi connectivity index (χ2v) is 5.17. The Labute approximate surface area is 130 Å². The fraction of sp³-hybridized carbons (Fsp3) is 0.200. The average molecular weight is 352 g/mol. The highest BCUT2D eigenvalue weighted by Gasteiger charge is 2.24. The standard InChI is InChI=1S/C15H14BrNO4/c1-10(20-15(19)12-8-9-13(16)21-12)14(18)17(2)11-6-4-3-5-7-11/h3-10H,1-2H3/t10-/m1/s1. The van der Waals surface area contributed by atoms with E-state index in [-0.39, 0.29) is 11.7 Å². The lowest BCUT2D eigenvalue weighted by Gasteiger charge is -2.21. The number of anilines is 1. The summed E-state index contributed by atoms with van der Waals surface area (Å²) in [4.78, 5) is 25.5. The van der Waals surface area contributed by atoms with E-state index in [1.165, 1.54) is 17.9 Å². The molecule has 2 rings (SSSR count). The number of nitrogens with zero attached hydrogens (tertiary/aromatic N) is 1. The molecule has 1 aromatic heterocycles. The zero-order valence-electron chi connectivity index (χ0n) is 11.6. The molecule has 1 aromatic carbocycles. The quantitative estimate of drug-likeness (QED) is 0.793. The van der Waals surface area contributed by atoms with Crippen LogP contribution < -0.4 is 4.90 Å². The molecule has 2 aromatic rings. The Bertz CT molecular complexity index is 638. The van der Waals surface area contributed by atoms with Crippen LogP contribution in [0.5, 0.6) is 0 Å². The largest absolute Gasteiger partial charge is 0.447 e. The minimum atomic E-state index is -0.911. The Hall–Kier alpha value is -2.08. The molecule has 0 saturated heterocycles. The molecule has 110 valence electrons. The van der Waals surface area contributed by atoms with Crippen molar-refractivity contribution in [3.63, 3.8) is 0 Å². The van der Waals surface area contributed by atoms with Crippen LogP contribution in [0.15, 0.2) is 51.6 Å². The highest BCUT2D eigenvalue weighted by molar-refractivity contribution is 9.10. The number of ether oxygens (including phenoxy) is 1. The topological polar surface area (TPSA) is 59.8 Å². The molecule has 0 N–H and O–H groups in total. The number of hydrogen-bond acceptors (Lipinski definition) is 4. The predicted octanol–water partition coefficient (Wildman–Crippen LogP) is 3.25. The summed E-state index contributed by atoms with van der Waals surface area (Å²) in [7, 11) is 1.63. The summed E-state index contributed by atoms with van der Waals surface area (Å²) in [6.07, 6.45) is -0.911. The van der Waals surface area contributed by atoms with Crippen LogP contribution in [0.1, 0.15) is 17.5 Å². The number of hydrogen-bond donors (Lipinski definition) is 0. The lowest BCUT2D eigenvalue weighted by molar-refractivity contribution is -0.126. The molecule has 21 heavy (non-hydrogen) atoms. The van der Waals surface area contributed by atoms with E-state index >= 15 is 0 Å². The summed E-state index contributed by atoms with van der Waals surface area (Å²) < 4.78 is 10.6. The van der Waals surface area contributed by atoms with Crippen molar-refractivity contribution < 1.29 is 18.7 Å². The molecule has 0 unspecified atom stereocenters. The zero-order chi connectivity index (χ0) is 15.4. The van der Waals surface area contributed by atoms with E-state index in [0.29, 0.717) is 4.67 Å². The number of rotatable bonds is 4. The smallest absolute Gasteiger partial charge is 0.375 e. The van der Waals surface area contributed by atoms with Gasteiger partial charge in [0.15, 0.2) is 10.8 Å². The Morgan fingerprint density at radius 3 is 2.43 bits per heavy atom. The minimum absolute atomic E-state index is 0.0453. The van der Waals surface area contributed by atoms with Gasteiger partial charge in [0.05, 0.1) is 0 Å². The number of halogens is 1. The maximum atomic E-state index is 12.2.